The van der Waals surface area contributed by atoms with Crippen LogP contribution in [0.15, 0.2) is 6.20 Å². The zero-order valence-electron chi connectivity index (χ0n) is 12.0. The number of carbonyl (C=O) groups excluding carboxylic acids is 1. The van der Waals surface area contributed by atoms with Crippen molar-refractivity contribution in [3.8, 4) is 0 Å². The minimum Gasteiger partial charge on any atom is -0.396 e. The van der Waals surface area contributed by atoms with Crippen molar-refractivity contribution in [1.29, 1.82) is 0 Å². The zero-order valence-corrected chi connectivity index (χ0v) is 12.0. The van der Waals surface area contributed by atoms with Crippen molar-refractivity contribution in [3.05, 3.63) is 11.9 Å². The number of hydrogen-bond acceptors (Lipinski definition) is 5. The number of amides is 1. The Bertz CT molecular complexity index is 439. The molecule has 1 aliphatic rings. The largest absolute Gasteiger partial charge is 0.396 e. The van der Waals surface area contributed by atoms with Crippen LogP contribution in [0.2, 0.25) is 0 Å². The maximum atomic E-state index is 12.2. The fourth-order valence-corrected chi connectivity index (χ4v) is 2.41. The molecular weight excluding hydrogens is 260 g/mol. The van der Waals surface area contributed by atoms with E-state index in [2.05, 4.69) is 10.3 Å². The molecule has 20 heavy (non-hydrogen) atoms. The van der Waals surface area contributed by atoms with Crippen molar-refractivity contribution < 1.29 is 14.6 Å². The Kier molecular flexibility index (Phi) is 5.08. The van der Waals surface area contributed by atoms with Crippen LogP contribution in [0.4, 0.5) is 0 Å². The third kappa shape index (κ3) is 4.01. The van der Waals surface area contributed by atoms with Crippen molar-refractivity contribution >= 4 is 5.91 Å². The molecule has 1 amide bonds. The first kappa shape index (κ1) is 14.9. The topological polar surface area (TPSA) is 80.5 Å². The SMILES string of the molecule is CC1CN(C(=O)Cn2cc(CCCO)nn2)CC(C)O1. The number of aromatic nitrogens is 3. The van der Waals surface area contributed by atoms with Crippen LogP contribution in [0.3, 0.4) is 0 Å². The molecule has 1 N–H and O–H groups in total. The Morgan fingerprint density at radius 2 is 2.15 bits per heavy atom. The van der Waals surface area contributed by atoms with E-state index in [1.807, 2.05) is 18.7 Å². The molecular formula is C13H22N4O3. The van der Waals surface area contributed by atoms with Gasteiger partial charge in [-0.05, 0) is 26.7 Å². The second-order valence-electron chi connectivity index (χ2n) is 5.29. The highest BCUT2D eigenvalue weighted by Crippen LogP contribution is 2.11. The van der Waals surface area contributed by atoms with Crippen LogP contribution < -0.4 is 0 Å². The maximum absolute atomic E-state index is 12.2. The van der Waals surface area contributed by atoms with Crippen molar-refractivity contribution in [3.63, 3.8) is 0 Å². The molecule has 1 saturated heterocycles. The molecule has 1 fully saturated rings. The minimum absolute atomic E-state index is 0.0330. The van der Waals surface area contributed by atoms with E-state index in [1.54, 1.807) is 10.9 Å². The molecule has 112 valence electrons. The summed E-state index contributed by atoms with van der Waals surface area (Å²) in [5.74, 6) is 0.0330. The summed E-state index contributed by atoms with van der Waals surface area (Å²) in [6.07, 6.45) is 3.24. The summed E-state index contributed by atoms with van der Waals surface area (Å²) in [5, 5.41) is 16.7. The lowest BCUT2D eigenvalue weighted by atomic mass is 10.2. The summed E-state index contributed by atoms with van der Waals surface area (Å²) in [7, 11) is 0. The van der Waals surface area contributed by atoms with Gasteiger partial charge in [-0.1, -0.05) is 5.21 Å². The van der Waals surface area contributed by atoms with Crippen molar-refractivity contribution in [1.82, 2.24) is 19.9 Å². The predicted octanol–water partition coefficient (Wildman–Crippen LogP) is -0.161. The Morgan fingerprint density at radius 3 is 2.80 bits per heavy atom. The van der Waals surface area contributed by atoms with Gasteiger partial charge in [-0.15, -0.1) is 5.10 Å². The smallest absolute Gasteiger partial charge is 0.244 e. The summed E-state index contributed by atoms with van der Waals surface area (Å²) in [6.45, 7) is 5.52. The highest BCUT2D eigenvalue weighted by Gasteiger charge is 2.26. The number of rotatable bonds is 5. The number of hydrogen-bond donors (Lipinski definition) is 1. The first-order valence-electron chi connectivity index (χ1n) is 7.01. The van der Waals surface area contributed by atoms with Crippen LogP contribution in [0, 0.1) is 0 Å². The van der Waals surface area contributed by atoms with Gasteiger partial charge in [0.15, 0.2) is 0 Å². The molecule has 2 unspecified atom stereocenters. The van der Waals surface area contributed by atoms with Crippen LogP contribution in [-0.4, -0.2) is 62.8 Å². The first-order valence-corrected chi connectivity index (χ1v) is 7.01. The van der Waals surface area contributed by atoms with Crippen molar-refractivity contribution in [2.24, 2.45) is 0 Å². The Balaban J connectivity index is 1.88. The number of ether oxygens (including phenoxy) is 1. The molecule has 0 aliphatic carbocycles. The monoisotopic (exact) mass is 282 g/mol. The van der Waals surface area contributed by atoms with Gasteiger partial charge in [-0.25, -0.2) is 4.68 Å². The fourth-order valence-electron chi connectivity index (χ4n) is 2.41. The first-order chi connectivity index (χ1) is 9.58. The average molecular weight is 282 g/mol. The summed E-state index contributed by atoms with van der Waals surface area (Å²) < 4.78 is 7.17. The molecule has 0 radical (unpaired) electrons. The van der Waals surface area contributed by atoms with Gasteiger partial charge in [0, 0.05) is 25.9 Å². The number of carbonyl (C=O) groups is 1. The summed E-state index contributed by atoms with van der Waals surface area (Å²) >= 11 is 0. The van der Waals surface area contributed by atoms with Gasteiger partial charge in [-0.2, -0.15) is 0 Å². The quantitative estimate of drug-likeness (QED) is 0.811. The molecule has 1 aromatic rings. The average Bonchev–Trinajstić information content (AvgIpc) is 2.82. The van der Waals surface area contributed by atoms with E-state index in [0.717, 1.165) is 5.69 Å². The lowest BCUT2D eigenvalue weighted by Crippen LogP contribution is -2.49. The van der Waals surface area contributed by atoms with Gasteiger partial charge in [-0.3, -0.25) is 4.79 Å². The summed E-state index contributed by atoms with van der Waals surface area (Å²) in [6, 6.07) is 0. The normalized spacial score (nSPS) is 23.1. The molecule has 0 aromatic carbocycles. The van der Waals surface area contributed by atoms with E-state index in [0.29, 0.717) is 25.9 Å². The zero-order chi connectivity index (χ0) is 14.5. The maximum Gasteiger partial charge on any atom is 0.244 e. The van der Waals surface area contributed by atoms with E-state index in [1.165, 1.54) is 0 Å². The van der Waals surface area contributed by atoms with Crippen LogP contribution >= 0.6 is 0 Å². The van der Waals surface area contributed by atoms with Crippen LogP contribution in [-0.2, 0) is 22.5 Å². The minimum atomic E-state index is 0.0330. The fraction of sp³-hybridized carbons (Fsp3) is 0.769. The second kappa shape index (κ2) is 6.81. The summed E-state index contributed by atoms with van der Waals surface area (Å²) in [4.78, 5) is 14.0. The number of aryl methyl sites for hydroxylation is 1. The number of morpholine rings is 1. The van der Waals surface area contributed by atoms with E-state index >= 15 is 0 Å². The molecule has 7 nitrogen and oxygen atoms in total. The predicted molar refractivity (Wildman–Crippen MR) is 72.0 cm³/mol. The lowest BCUT2D eigenvalue weighted by molar-refractivity contribution is -0.144. The molecule has 0 bridgehead atoms. The number of aliphatic hydroxyl groups excluding tert-OH is 1. The third-order valence-electron chi connectivity index (χ3n) is 3.25. The third-order valence-corrected chi connectivity index (χ3v) is 3.25. The molecule has 2 atom stereocenters. The highest BCUT2D eigenvalue weighted by atomic mass is 16.5. The Hall–Kier alpha value is -1.47. The number of nitrogens with zero attached hydrogens (tertiary/aromatic N) is 4. The standard InChI is InChI=1S/C13H22N4O3/c1-10-6-16(7-11(2)20-10)13(19)9-17-8-12(14-15-17)4-3-5-18/h8,10-11,18H,3-7,9H2,1-2H3. The van der Waals surface area contributed by atoms with E-state index in [9.17, 15) is 4.79 Å². The molecule has 0 spiro atoms. The van der Waals surface area contributed by atoms with Gasteiger partial charge in [0.1, 0.15) is 6.54 Å². The van der Waals surface area contributed by atoms with E-state index in [4.69, 9.17) is 9.84 Å². The van der Waals surface area contributed by atoms with Gasteiger partial charge >= 0.3 is 0 Å². The second-order valence-corrected chi connectivity index (χ2v) is 5.29. The van der Waals surface area contributed by atoms with Crippen LogP contribution in [0.1, 0.15) is 26.0 Å². The summed E-state index contributed by atoms with van der Waals surface area (Å²) in [5.41, 5.74) is 0.801. The van der Waals surface area contributed by atoms with Gasteiger partial charge in [0.2, 0.25) is 5.91 Å². The highest BCUT2D eigenvalue weighted by molar-refractivity contribution is 5.76. The van der Waals surface area contributed by atoms with Crippen molar-refractivity contribution in [2.75, 3.05) is 19.7 Å². The Morgan fingerprint density at radius 1 is 1.45 bits per heavy atom. The van der Waals surface area contributed by atoms with Crippen molar-refractivity contribution in [2.45, 2.75) is 45.4 Å². The van der Waals surface area contributed by atoms with Gasteiger partial charge < -0.3 is 14.7 Å². The molecule has 7 heteroatoms. The van der Waals surface area contributed by atoms with Gasteiger partial charge in [0.05, 0.1) is 17.9 Å². The molecule has 2 heterocycles. The van der Waals surface area contributed by atoms with Crippen LogP contribution in [0.5, 0.6) is 0 Å². The van der Waals surface area contributed by atoms with Crippen LogP contribution in [0.25, 0.3) is 0 Å². The number of aliphatic hydroxyl groups is 1. The van der Waals surface area contributed by atoms with E-state index < -0.39 is 0 Å². The molecule has 0 saturated carbocycles. The molecule has 1 aromatic heterocycles. The lowest BCUT2D eigenvalue weighted by Gasteiger charge is -2.35. The molecule has 2 rings (SSSR count). The van der Waals surface area contributed by atoms with E-state index in [-0.39, 0.29) is 31.3 Å². The Labute approximate surface area is 118 Å². The van der Waals surface area contributed by atoms with Gasteiger partial charge in [0.25, 0.3) is 0 Å². The molecule has 1 aliphatic heterocycles.